The lowest BCUT2D eigenvalue weighted by molar-refractivity contribution is -0.133. The number of amides is 2. The third kappa shape index (κ3) is 5.18. The minimum Gasteiger partial charge on any atom is -0.341 e. The molecule has 2 heterocycles. The summed E-state index contributed by atoms with van der Waals surface area (Å²) in [7, 11) is 0. The average Bonchev–Trinajstić information content (AvgIpc) is 3.16. The van der Waals surface area contributed by atoms with E-state index in [0.717, 1.165) is 31.5 Å². The van der Waals surface area contributed by atoms with E-state index in [9.17, 15) is 9.59 Å². The third-order valence-electron chi connectivity index (χ3n) is 4.80. The van der Waals surface area contributed by atoms with Crippen LogP contribution in [-0.4, -0.2) is 35.8 Å². The Morgan fingerprint density at radius 2 is 1.65 bits per heavy atom. The van der Waals surface area contributed by atoms with Crippen LogP contribution in [0.4, 0.5) is 0 Å². The largest absolute Gasteiger partial charge is 0.341 e. The highest BCUT2D eigenvalue weighted by Gasteiger charge is 2.27. The normalized spacial score (nSPS) is 16.4. The maximum Gasteiger partial charge on any atom is 0.262 e. The molecule has 2 aromatic rings. The number of benzene rings is 1. The summed E-state index contributed by atoms with van der Waals surface area (Å²) < 4.78 is 0. The van der Waals surface area contributed by atoms with E-state index in [4.69, 9.17) is 0 Å². The van der Waals surface area contributed by atoms with E-state index in [0.29, 0.717) is 11.3 Å². The van der Waals surface area contributed by atoms with Gasteiger partial charge in [-0.15, -0.1) is 11.3 Å². The average molecular weight is 371 g/mol. The summed E-state index contributed by atoms with van der Waals surface area (Å²) in [5.74, 6) is -0.123. The monoisotopic (exact) mass is 370 g/mol. The van der Waals surface area contributed by atoms with Gasteiger partial charge in [0.05, 0.1) is 4.88 Å². The van der Waals surface area contributed by atoms with Crippen molar-refractivity contribution in [3.63, 3.8) is 0 Å². The zero-order valence-electron chi connectivity index (χ0n) is 15.0. The maximum absolute atomic E-state index is 13.2. The molecule has 0 radical (unpaired) electrons. The standard InChI is InChI=1S/C21H26N2O2S/c24-20(19-12-9-15-26-19)22-18(16-17-10-5-4-6-11-17)21(25)23-13-7-2-1-3-8-14-23/h4-6,9-12,15,18H,1-3,7-8,13-14,16H2,(H,22,24). The molecule has 5 heteroatoms. The number of nitrogens with one attached hydrogen (secondary N) is 1. The second-order valence-corrected chi connectivity index (χ2v) is 7.73. The molecule has 1 aliphatic rings. The van der Waals surface area contributed by atoms with Crippen LogP contribution in [0.5, 0.6) is 0 Å². The first kappa shape index (κ1) is 18.6. The molecule has 1 unspecified atom stereocenters. The van der Waals surface area contributed by atoms with Crippen molar-refractivity contribution in [2.24, 2.45) is 0 Å². The number of rotatable bonds is 5. The van der Waals surface area contributed by atoms with E-state index in [1.807, 2.05) is 46.7 Å². The van der Waals surface area contributed by atoms with Crippen molar-refractivity contribution >= 4 is 23.2 Å². The molecule has 1 N–H and O–H groups in total. The molecule has 1 atom stereocenters. The zero-order chi connectivity index (χ0) is 18.2. The number of likely N-dealkylation sites (tertiary alicyclic amines) is 1. The first-order valence-electron chi connectivity index (χ1n) is 9.41. The number of hydrogen-bond acceptors (Lipinski definition) is 3. The summed E-state index contributed by atoms with van der Waals surface area (Å²) in [4.78, 5) is 28.3. The molecule has 0 spiro atoms. The van der Waals surface area contributed by atoms with Crippen LogP contribution in [0.3, 0.4) is 0 Å². The molecule has 4 nitrogen and oxygen atoms in total. The Bertz CT molecular complexity index is 692. The summed E-state index contributed by atoms with van der Waals surface area (Å²) in [6, 6.07) is 13.0. The second-order valence-electron chi connectivity index (χ2n) is 6.79. The van der Waals surface area contributed by atoms with E-state index in [1.165, 1.54) is 30.6 Å². The lowest BCUT2D eigenvalue weighted by atomic mass is 10.0. The van der Waals surface area contributed by atoms with Crippen LogP contribution in [0.25, 0.3) is 0 Å². The van der Waals surface area contributed by atoms with Crippen molar-refractivity contribution in [1.29, 1.82) is 0 Å². The highest BCUT2D eigenvalue weighted by molar-refractivity contribution is 7.12. The Morgan fingerprint density at radius 3 is 2.31 bits per heavy atom. The van der Waals surface area contributed by atoms with E-state index < -0.39 is 6.04 Å². The maximum atomic E-state index is 13.2. The molecule has 1 aliphatic heterocycles. The van der Waals surface area contributed by atoms with Gasteiger partial charge in [-0.05, 0) is 29.9 Å². The van der Waals surface area contributed by atoms with Gasteiger partial charge >= 0.3 is 0 Å². The molecule has 1 fully saturated rings. The van der Waals surface area contributed by atoms with Crippen LogP contribution in [0, 0.1) is 0 Å². The molecule has 1 saturated heterocycles. The Hall–Kier alpha value is -2.14. The fourth-order valence-electron chi connectivity index (χ4n) is 3.38. The Kier molecular flexibility index (Phi) is 6.83. The molecule has 0 bridgehead atoms. The second kappa shape index (κ2) is 9.53. The number of nitrogens with zero attached hydrogens (tertiary/aromatic N) is 1. The van der Waals surface area contributed by atoms with Gasteiger partial charge in [-0.3, -0.25) is 9.59 Å². The van der Waals surface area contributed by atoms with Gasteiger partial charge in [-0.25, -0.2) is 0 Å². The van der Waals surface area contributed by atoms with Crippen molar-refractivity contribution in [2.75, 3.05) is 13.1 Å². The molecule has 1 aromatic heterocycles. The van der Waals surface area contributed by atoms with Gasteiger partial charge in [0.25, 0.3) is 5.91 Å². The van der Waals surface area contributed by atoms with Gasteiger partial charge in [-0.1, -0.05) is 55.7 Å². The smallest absolute Gasteiger partial charge is 0.262 e. The summed E-state index contributed by atoms with van der Waals surface area (Å²) in [5.41, 5.74) is 1.06. The molecule has 0 aliphatic carbocycles. The van der Waals surface area contributed by atoms with Crippen molar-refractivity contribution in [2.45, 2.75) is 44.6 Å². The SMILES string of the molecule is O=C(NC(Cc1ccccc1)C(=O)N1CCCCCCC1)c1cccs1. The van der Waals surface area contributed by atoms with Crippen LogP contribution in [-0.2, 0) is 11.2 Å². The summed E-state index contributed by atoms with van der Waals surface area (Å²) in [6.07, 6.45) is 6.21. The molecular weight excluding hydrogens is 344 g/mol. The van der Waals surface area contributed by atoms with Crippen LogP contribution in [0.2, 0.25) is 0 Å². The quantitative estimate of drug-likeness (QED) is 0.868. The first-order chi connectivity index (χ1) is 12.7. The van der Waals surface area contributed by atoms with E-state index in [1.54, 1.807) is 6.07 Å². The number of carbonyl (C=O) groups excluding carboxylic acids is 2. The molecule has 138 valence electrons. The Balaban J connectivity index is 1.74. The Morgan fingerprint density at radius 1 is 0.962 bits per heavy atom. The molecule has 3 rings (SSSR count). The predicted octanol–water partition coefficient (Wildman–Crippen LogP) is 3.88. The molecular formula is C21H26N2O2S. The first-order valence-corrected chi connectivity index (χ1v) is 10.3. The fourth-order valence-corrected chi connectivity index (χ4v) is 4.00. The summed E-state index contributed by atoms with van der Waals surface area (Å²) >= 11 is 1.40. The fraction of sp³-hybridized carbons (Fsp3) is 0.429. The van der Waals surface area contributed by atoms with Crippen LogP contribution < -0.4 is 5.32 Å². The lowest BCUT2D eigenvalue weighted by Gasteiger charge is -2.29. The van der Waals surface area contributed by atoms with Gasteiger partial charge < -0.3 is 10.2 Å². The third-order valence-corrected chi connectivity index (χ3v) is 5.67. The highest BCUT2D eigenvalue weighted by Crippen LogP contribution is 2.15. The van der Waals surface area contributed by atoms with Crippen molar-refractivity contribution in [3.8, 4) is 0 Å². The minimum absolute atomic E-state index is 0.0423. The minimum atomic E-state index is -0.522. The van der Waals surface area contributed by atoms with E-state index in [-0.39, 0.29) is 11.8 Å². The van der Waals surface area contributed by atoms with Crippen LogP contribution >= 0.6 is 11.3 Å². The van der Waals surface area contributed by atoms with Crippen molar-refractivity contribution in [1.82, 2.24) is 10.2 Å². The van der Waals surface area contributed by atoms with Gasteiger partial charge in [0.2, 0.25) is 5.91 Å². The highest BCUT2D eigenvalue weighted by atomic mass is 32.1. The van der Waals surface area contributed by atoms with Crippen molar-refractivity contribution < 1.29 is 9.59 Å². The van der Waals surface area contributed by atoms with Gasteiger partial charge in [-0.2, -0.15) is 0 Å². The predicted molar refractivity (Wildman–Crippen MR) is 105 cm³/mol. The summed E-state index contributed by atoms with van der Waals surface area (Å²) in [5, 5.41) is 4.86. The molecule has 0 saturated carbocycles. The summed E-state index contributed by atoms with van der Waals surface area (Å²) in [6.45, 7) is 1.58. The van der Waals surface area contributed by atoms with Crippen molar-refractivity contribution in [3.05, 3.63) is 58.3 Å². The lowest BCUT2D eigenvalue weighted by Crippen LogP contribution is -2.50. The Labute approximate surface area is 159 Å². The topological polar surface area (TPSA) is 49.4 Å². The number of carbonyl (C=O) groups is 2. The van der Waals surface area contributed by atoms with Crippen LogP contribution in [0.1, 0.15) is 47.3 Å². The number of hydrogen-bond donors (Lipinski definition) is 1. The zero-order valence-corrected chi connectivity index (χ0v) is 15.8. The van der Waals surface area contributed by atoms with Gasteiger partial charge in [0, 0.05) is 19.5 Å². The van der Waals surface area contributed by atoms with Crippen LogP contribution in [0.15, 0.2) is 47.8 Å². The van der Waals surface area contributed by atoms with E-state index >= 15 is 0 Å². The van der Waals surface area contributed by atoms with Gasteiger partial charge in [0.15, 0.2) is 0 Å². The number of thiophene rings is 1. The molecule has 26 heavy (non-hydrogen) atoms. The van der Waals surface area contributed by atoms with E-state index in [2.05, 4.69) is 5.32 Å². The molecule has 1 aromatic carbocycles. The van der Waals surface area contributed by atoms with Gasteiger partial charge in [0.1, 0.15) is 6.04 Å². The molecule has 2 amide bonds.